The van der Waals surface area contributed by atoms with Crippen LogP contribution in [0.5, 0.6) is 0 Å². The first-order chi connectivity index (χ1) is 13.3. The highest BCUT2D eigenvalue weighted by Gasteiger charge is 2.35. The van der Waals surface area contributed by atoms with Gasteiger partial charge in [-0.15, -0.1) is 0 Å². The molecule has 0 saturated carbocycles. The fourth-order valence-corrected chi connectivity index (χ4v) is 5.33. The highest BCUT2D eigenvalue weighted by Crippen LogP contribution is 2.20. The van der Waals surface area contributed by atoms with Crippen molar-refractivity contribution in [2.75, 3.05) is 25.1 Å². The van der Waals surface area contributed by atoms with Crippen molar-refractivity contribution >= 4 is 15.7 Å². The summed E-state index contributed by atoms with van der Waals surface area (Å²) in [6.45, 7) is 1.25. The van der Waals surface area contributed by atoms with Gasteiger partial charge in [-0.25, -0.2) is 12.8 Å². The van der Waals surface area contributed by atoms with E-state index in [-0.39, 0.29) is 35.8 Å². The van der Waals surface area contributed by atoms with Crippen molar-refractivity contribution in [3.8, 4) is 0 Å². The Morgan fingerprint density at radius 1 is 1.11 bits per heavy atom. The number of quaternary nitrogens is 1. The summed E-state index contributed by atoms with van der Waals surface area (Å²) >= 11 is 0. The molecular weight excluding hydrogens is 379 g/mol. The summed E-state index contributed by atoms with van der Waals surface area (Å²) < 4.78 is 36.9. The Kier molecular flexibility index (Phi) is 6.46. The molecule has 0 radical (unpaired) electrons. The smallest absolute Gasteiger partial charge is 0.278 e. The topological polar surface area (TPSA) is 58.9 Å². The average Bonchev–Trinajstić information content (AvgIpc) is 3.02. The number of benzene rings is 2. The van der Waals surface area contributed by atoms with Gasteiger partial charge in [0.15, 0.2) is 16.4 Å². The lowest BCUT2D eigenvalue weighted by molar-refractivity contribution is -0.885. The van der Waals surface area contributed by atoms with E-state index >= 15 is 0 Å². The lowest BCUT2D eigenvalue weighted by Gasteiger charge is -2.29. The Balaban J connectivity index is 1.69. The van der Waals surface area contributed by atoms with Gasteiger partial charge in [0.05, 0.1) is 18.6 Å². The molecule has 0 aliphatic carbocycles. The second kappa shape index (κ2) is 8.84. The predicted molar refractivity (Wildman–Crippen MR) is 106 cm³/mol. The summed E-state index contributed by atoms with van der Waals surface area (Å²) in [5.74, 6) is -0.184. The highest BCUT2D eigenvalue weighted by molar-refractivity contribution is 7.91. The molecule has 1 aliphatic rings. The lowest BCUT2D eigenvalue weighted by Crippen LogP contribution is -3.09. The third-order valence-corrected chi connectivity index (χ3v) is 6.79. The van der Waals surface area contributed by atoms with Crippen molar-refractivity contribution < 1.29 is 22.5 Å². The van der Waals surface area contributed by atoms with Gasteiger partial charge < -0.3 is 9.80 Å². The van der Waals surface area contributed by atoms with Crippen LogP contribution in [0.25, 0.3) is 0 Å². The maximum Gasteiger partial charge on any atom is 0.278 e. The zero-order valence-electron chi connectivity index (χ0n) is 16.0. The summed E-state index contributed by atoms with van der Waals surface area (Å²) in [7, 11) is -1.17. The number of carbonyl (C=O) groups is 1. The summed E-state index contributed by atoms with van der Waals surface area (Å²) in [5, 5.41) is 0. The van der Waals surface area contributed by atoms with Gasteiger partial charge in [-0.05, 0) is 24.1 Å². The SMILES string of the molecule is C[NH+](CC(=O)N(Cc1ccccc1)[C@@H]1CCS(=O)(=O)C1)Cc1ccc(F)cc1. The van der Waals surface area contributed by atoms with Crippen molar-refractivity contribution in [1.82, 2.24) is 4.90 Å². The predicted octanol–water partition coefficient (Wildman–Crippen LogP) is 1.06. The van der Waals surface area contributed by atoms with Crippen molar-refractivity contribution in [3.05, 3.63) is 71.5 Å². The minimum Gasteiger partial charge on any atom is -0.329 e. The molecule has 1 unspecified atom stereocenters. The summed E-state index contributed by atoms with van der Waals surface area (Å²) in [6, 6.07) is 15.6. The van der Waals surface area contributed by atoms with E-state index in [4.69, 9.17) is 0 Å². The van der Waals surface area contributed by atoms with E-state index in [2.05, 4.69) is 0 Å². The van der Waals surface area contributed by atoms with Gasteiger partial charge in [0.25, 0.3) is 5.91 Å². The first-order valence-electron chi connectivity index (χ1n) is 9.42. The van der Waals surface area contributed by atoms with Gasteiger partial charge >= 0.3 is 0 Å². The van der Waals surface area contributed by atoms with Crippen LogP contribution in [0.3, 0.4) is 0 Å². The lowest BCUT2D eigenvalue weighted by atomic mass is 10.1. The van der Waals surface area contributed by atoms with Gasteiger partial charge in [-0.2, -0.15) is 0 Å². The van der Waals surface area contributed by atoms with Gasteiger partial charge in [0, 0.05) is 18.2 Å². The van der Waals surface area contributed by atoms with E-state index in [0.29, 0.717) is 19.5 Å². The van der Waals surface area contributed by atoms with Gasteiger partial charge in [-0.3, -0.25) is 4.79 Å². The maximum atomic E-state index is 13.1. The van der Waals surface area contributed by atoms with Crippen molar-refractivity contribution in [2.24, 2.45) is 0 Å². The summed E-state index contributed by atoms with van der Waals surface area (Å²) in [5.41, 5.74) is 1.93. The first kappa shape index (κ1) is 20.5. The van der Waals surface area contributed by atoms with E-state index in [0.717, 1.165) is 16.0 Å². The number of halogens is 1. The second-order valence-electron chi connectivity index (χ2n) is 7.50. The molecule has 0 spiro atoms. The molecule has 1 fully saturated rings. The molecule has 2 aromatic carbocycles. The van der Waals surface area contributed by atoms with Crippen LogP contribution in [-0.4, -0.2) is 50.4 Å². The van der Waals surface area contributed by atoms with Crippen LogP contribution in [0, 0.1) is 5.82 Å². The van der Waals surface area contributed by atoms with Crippen LogP contribution in [0.2, 0.25) is 0 Å². The molecule has 1 N–H and O–H groups in total. The highest BCUT2D eigenvalue weighted by atomic mass is 32.2. The Labute approximate surface area is 165 Å². The first-order valence-corrected chi connectivity index (χ1v) is 11.2. The van der Waals surface area contributed by atoms with E-state index in [9.17, 15) is 17.6 Å². The van der Waals surface area contributed by atoms with E-state index in [1.807, 2.05) is 37.4 Å². The number of likely N-dealkylation sites (N-methyl/N-ethyl adjacent to an activating group) is 1. The molecule has 2 atom stereocenters. The molecule has 0 aromatic heterocycles. The monoisotopic (exact) mass is 405 g/mol. The standard InChI is InChI=1S/C21H25FN2O3S/c1-23(13-18-7-9-19(22)10-8-18)15-21(25)24(14-17-5-3-2-4-6-17)20-11-12-28(26,27)16-20/h2-10,20H,11-16H2,1H3/p+1/t20-/m1/s1. The minimum absolute atomic E-state index is 0.0303. The number of sulfone groups is 1. The van der Waals surface area contributed by atoms with Gasteiger partial charge in [-0.1, -0.05) is 42.5 Å². The Morgan fingerprint density at radius 2 is 1.79 bits per heavy atom. The number of hydrogen-bond acceptors (Lipinski definition) is 3. The van der Waals surface area contributed by atoms with Crippen LogP contribution in [0.15, 0.2) is 54.6 Å². The quantitative estimate of drug-likeness (QED) is 0.749. The fourth-order valence-electron chi connectivity index (χ4n) is 3.60. The fraction of sp³-hybridized carbons (Fsp3) is 0.381. The number of amides is 1. The minimum atomic E-state index is -3.08. The molecule has 1 amide bonds. The third kappa shape index (κ3) is 5.62. The van der Waals surface area contributed by atoms with E-state index in [1.54, 1.807) is 17.0 Å². The molecule has 5 nitrogen and oxygen atoms in total. The number of nitrogens with one attached hydrogen (secondary N) is 1. The molecule has 28 heavy (non-hydrogen) atoms. The summed E-state index contributed by atoms with van der Waals surface area (Å²) in [4.78, 5) is 15.7. The van der Waals surface area contributed by atoms with Crippen LogP contribution in [0.4, 0.5) is 4.39 Å². The van der Waals surface area contributed by atoms with Crippen molar-refractivity contribution in [2.45, 2.75) is 25.6 Å². The summed E-state index contributed by atoms with van der Waals surface area (Å²) in [6.07, 6.45) is 0.484. The van der Waals surface area contributed by atoms with Crippen LogP contribution in [0.1, 0.15) is 17.5 Å². The molecule has 1 heterocycles. The van der Waals surface area contributed by atoms with Crippen LogP contribution < -0.4 is 4.90 Å². The molecule has 3 rings (SSSR count). The normalized spacial score (nSPS) is 19.3. The van der Waals surface area contributed by atoms with Crippen LogP contribution >= 0.6 is 0 Å². The molecule has 150 valence electrons. The Bertz CT molecular complexity index is 901. The molecule has 1 aliphatic heterocycles. The molecule has 0 bridgehead atoms. The second-order valence-corrected chi connectivity index (χ2v) is 9.73. The number of rotatable bonds is 7. The number of hydrogen-bond donors (Lipinski definition) is 1. The largest absolute Gasteiger partial charge is 0.329 e. The third-order valence-electron chi connectivity index (χ3n) is 5.04. The molecular formula is C21H26FN2O3S+. The number of nitrogens with zero attached hydrogens (tertiary/aromatic N) is 1. The maximum absolute atomic E-state index is 13.1. The van der Waals surface area contributed by atoms with E-state index in [1.165, 1.54) is 12.1 Å². The van der Waals surface area contributed by atoms with Crippen LogP contribution in [-0.2, 0) is 27.7 Å². The Hall–Kier alpha value is -2.25. The van der Waals surface area contributed by atoms with Gasteiger partial charge in [0.1, 0.15) is 12.4 Å². The van der Waals surface area contributed by atoms with Crippen molar-refractivity contribution in [3.63, 3.8) is 0 Å². The molecule has 2 aromatic rings. The average molecular weight is 406 g/mol. The zero-order valence-corrected chi connectivity index (χ0v) is 16.8. The van der Waals surface area contributed by atoms with Crippen molar-refractivity contribution in [1.29, 1.82) is 0 Å². The molecule has 7 heteroatoms. The zero-order chi connectivity index (χ0) is 20.1. The van der Waals surface area contributed by atoms with E-state index < -0.39 is 9.84 Å². The number of carbonyl (C=O) groups excluding carboxylic acids is 1. The molecule has 1 saturated heterocycles. The Morgan fingerprint density at radius 3 is 2.39 bits per heavy atom. The van der Waals surface area contributed by atoms with Gasteiger partial charge in [0.2, 0.25) is 0 Å².